The Morgan fingerprint density at radius 1 is 1.05 bits per heavy atom. The monoisotopic (exact) mass is 557 g/mol. The number of hydrogen-bond acceptors (Lipinski definition) is 6. The molecule has 9 heteroatoms. The van der Waals surface area contributed by atoms with E-state index in [1.807, 2.05) is 35.8 Å². The Labute approximate surface area is 238 Å². The quantitative estimate of drug-likeness (QED) is 0.268. The summed E-state index contributed by atoms with van der Waals surface area (Å²) < 4.78 is 33.1. The van der Waals surface area contributed by atoms with E-state index in [0.29, 0.717) is 19.0 Å². The minimum absolute atomic E-state index is 0.0498. The fraction of sp³-hybridized carbons (Fsp3) is 0.281. The van der Waals surface area contributed by atoms with Gasteiger partial charge >= 0.3 is 0 Å². The minimum atomic E-state index is -0.535. The molecule has 212 valence electrons. The highest BCUT2D eigenvalue weighted by Gasteiger charge is 2.36. The summed E-state index contributed by atoms with van der Waals surface area (Å²) in [5.41, 5.74) is 4.31. The van der Waals surface area contributed by atoms with Crippen LogP contribution in [0.2, 0.25) is 0 Å². The smallest absolute Gasteiger partial charge is 0.251 e. The molecule has 3 heterocycles. The molecule has 4 aromatic rings. The topological polar surface area (TPSA) is 91.7 Å². The molecule has 0 saturated carbocycles. The number of carbonyl (C=O) groups excluding carboxylic acids is 2. The number of Topliss-reactive ketones (excluding diaryl/α,β-unsaturated/α-hetero) is 1. The summed E-state index contributed by atoms with van der Waals surface area (Å²) in [7, 11) is 1.42. The number of anilines is 1. The molecule has 1 N–H and O–H groups in total. The number of methoxy groups -OCH3 is 1. The van der Waals surface area contributed by atoms with Gasteiger partial charge in [0, 0.05) is 61.3 Å². The van der Waals surface area contributed by atoms with Crippen LogP contribution in [-0.4, -0.2) is 48.2 Å². The number of ether oxygens (including phenoxy) is 3. The first-order valence-corrected chi connectivity index (χ1v) is 13.3. The van der Waals surface area contributed by atoms with Gasteiger partial charge in [-0.1, -0.05) is 30.7 Å². The van der Waals surface area contributed by atoms with Crippen LogP contribution in [0.5, 0.6) is 11.5 Å². The van der Waals surface area contributed by atoms with Gasteiger partial charge in [0.15, 0.2) is 0 Å². The molecule has 1 saturated heterocycles. The second kappa shape index (κ2) is 12.0. The van der Waals surface area contributed by atoms with Gasteiger partial charge in [0.1, 0.15) is 35.5 Å². The van der Waals surface area contributed by atoms with Crippen LogP contribution in [0.4, 0.5) is 10.2 Å². The minimum Gasteiger partial charge on any atom is -0.457 e. The van der Waals surface area contributed by atoms with Crippen molar-refractivity contribution in [2.24, 2.45) is 0 Å². The van der Waals surface area contributed by atoms with E-state index >= 15 is 4.39 Å². The van der Waals surface area contributed by atoms with Crippen LogP contribution in [0.1, 0.15) is 29.3 Å². The molecule has 1 fully saturated rings. The van der Waals surface area contributed by atoms with Gasteiger partial charge in [0.25, 0.3) is 5.91 Å². The third-order valence-electron chi connectivity index (χ3n) is 7.05. The van der Waals surface area contributed by atoms with Crippen molar-refractivity contribution in [3.63, 3.8) is 0 Å². The van der Waals surface area contributed by atoms with Crippen molar-refractivity contribution >= 4 is 17.5 Å². The molecular formula is C32H32FN3O5. The van der Waals surface area contributed by atoms with Gasteiger partial charge in [0.05, 0.1) is 13.2 Å². The predicted octanol–water partition coefficient (Wildman–Crippen LogP) is 5.34. The zero-order chi connectivity index (χ0) is 29.0. The summed E-state index contributed by atoms with van der Waals surface area (Å²) in [6.07, 6.45) is 3.66. The maximum absolute atomic E-state index is 15.0. The van der Waals surface area contributed by atoms with Crippen LogP contribution in [0.15, 0.2) is 73.1 Å². The van der Waals surface area contributed by atoms with Crippen molar-refractivity contribution in [1.29, 1.82) is 0 Å². The van der Waals surface area contributed by atoms with Crippen molar-refractivity contribution in [2.45, 2.75) is 32.1 Å². The number of rotatable bonds is 11. The third kappa shape index (κ3) is 6.70. The van der Waals surface area contributed by atoms with Gasteiger partial charge in [-0.15, -0.1) is 0 Å². The fourth-order valence-corrected chi connectivity index (χ4v) is 4.70. The van der Waals surface area contributed by atoms with Crippen molar-refractivity contribution in [2.75, 3.05) is 32.2 Å². The van der Waals surface area contributed by atoms with Crippen LogP contribution in [-0.2, 0) is 37.3 Å². The van der Waals surface area contributed by atoms with E-state index < -0.39 is 5.82 Å². The number of halogens is 1. The maximum atomic E-state index is 15.0. The van der Waals surface area contributed by atoms with Gasteiger partial charge < -0.3 is 24.1 Å². The normalized spacial score (nSPS) is 13.9. The Morgan fingerprint density at radius 2 is 1.80 bits per heavy atom. The average molecular weight is 558 g/mol. The molecule has 0 bridgehead atoms. The number of aryl methyl sites for hydroxylation is 1. The summed E-state index contributed by atoms with van der Waals surface area (Å²) in [4.78, 5) is 29.0. The highest BCUT2D eigenvalue weighted by molar-refractivity contribution is 5.90. The second-order valence-corrected chi connectivity index (χ2v) is 10.6. The van der Waals surface area contributed by atoms with E-state index in [9.17, 15) is 9.59 Å². The zero-order valence-electron chi connectivity index (χ0n) is 23.3. The van der Waals surface area contributed by atoms with Crippen LogP contribution in [0, 0.1) is 12.7 Å². The number of aromatic nitrogens is 2. The fourth-order valence-electron chi connectivity index (χ4n) is 4.70. The van der Waals surface area contributed by atoms with E-state index in [0.717, 1.165) is 22.5 Å². The van der Waals surface area contributed by atoms with Crippen molar-refractivity contribution in [3.8, 4) is 17.2 Å². The lowest BCUT2D eigenvalue weighted by molar-refractivity contribution is -0.120. The highest BCUT2D eigenvalue weighted by atomic mass is 19.1. The lowest BCUT2D eigenvalue weighted by Gasteiger charge is -2.37. The average Bonchev–Trinajstić information content (AvgIpc) is 3.33. The van der Waals surface area contributed by atoms with Crippen molar-refractivity contribution < 1.29 is 28.2 Å². The molecule has 41 heavy (non-hydrogen) atoms. The largest absolute Gasteiger partial charge is 0.457 e. The van der Waals surface area contributed by atoms with E-state index in [2.05, 4.69) is 29.5 Å². The van der Waals surface area contributed by atoms with Gasteiger partial charge in [-0.05, 0) is 48.4 Å². The van der Waals surface area contributed by atoms with Crippen molar-refractivity contribution in [1.82, 2.24) is 9.55 Å². The first-order valence-electron chi connectivity index (χ1n) is 13.3. The number of carbonyl (C=O) groups is 2. The molecule has 8 nitrogen and oxygen atoms in total. The molecular weight excluding hydrogens is 525 g/mol. The predicted molar refractivity (Wildman–Crippen MR) is 152 cm³/mol. The molecule has 0 radical (unpaired) electrons. The molecule has 0 atom stereocenters. The summed E-state index contributed by atoms with van der Waals surface area (Å²) in [6, 6.07) is 17.7. The zero-order valence-corrected chi connectivity index (χ0v) is 23.3. The summed E-state index contributed by atoms with van der Waals surface area (Å²) in [5, 5.41) is 2.59. The molecule has 2 aromatic heterocycles. The molecule has 0 unspecified atom stereocenters. The van der Waals surface area contributed by atoms with Crippen molar-refractivity contribution in [3.05, 3.63) is 101 Å². The third-order valence-corrected chi connectivity index (χ3v) is 7.05. The van der Waals surface area contributed by atoms with Crippen LogP contribution >= 0.6 is 0 Å². The molecule has 2 aromatic carbocycles. The first-order chi connectivity index (χ1) is 19.7. The van der Waals surface area contributed by atoms with Gasteiger partial charge in [-0.2, -0.15) is 0 Å². The second-order valence-electron chi connectivity index (χ2n) is 10.6. The standard InChI is InChI=1S/C32H32FN3O5/c1-21-4-7-24(8-5-21)36-17-23(32(2)19-40-20-32)13-25(36)14-26(37)12-22-6-9-27(15-29(22)33)41-28-10-11-34-30(16-28)35-31(38)18-39-3/h4-11,13,15-17H,12,14,18-20H2,1-3H3,(H,34,35,38). The molecule has 0 spiro atoms. The van der Waals surface area contributed by atoms with Crippen LogP contribution in [0.3, 0.4) is 0 Å². The van der Waals surface area contributed by atoms with E-state index in [1.165, 1.54) is 25.4 Å². The Kier molecular flexibility index (Phi) is 8.28. The number of nitrogens with one attached hydrogen (secondary N) is 1. The van der Waals surface area contributed by atoms with E-state index in [-0.39, 0.29) is 53.7 Å². The highest BCUT2D eigenvalue weighted by Crippen LogP contribution is 2.34. The Balaban J connectivity index is 1.28. The summed E-state index contributed by atoms with van der Waals surface area (Å²) in [5.74, 6) is -0.0824. The number of pyridine rings is 1. The molecule has 1 aliphatic rings. The number of ketones is 1. The summed E-state index contributed by atoms with van der Waals surface area (Å²) in [6.45, 7) is 5.36. The SMILES string of the molecule is COCC(=O)Nc1cc(Oc2ccc(CC(=O)Cc3cc(C4(C)COC4)cn3-c3ccc(C)cc3)c(F)c2)ccn1. The van der Waals surface area contributed by atoms with E-state index in [1.54, 1.807) is 18.2 Å². The van der Waals surface area contributed by atoms with Gasteiger partial charge in [-0.25, -0.2) is 9.37 Å². The molecule has 1 aliphatic heterocycles. The molecule has 0 aliphatic carbocycles. The lowest BCUT2D eigenvalue weighted by Crippen LogP contribution is -2.43. The van der Waals surface area contributed by atoms with Crippen LogP contribution < -0.4 is 10.1 Å². The first kappa shape index (κ1) is 28.2. The van der Waals surface area contributed by atoms with Gasteiger partial charge in [0.2, 0.25) is 0 Å². The number of benzene rings is 2. The Morgan fingerprint density at radius 3 is 2.49 bits per heavy atom. The number of amides is 1. The molecule has 1 amide bonds. The van der Waals surface area contributed by atoms with E-state index in [4.69, 9.17) is 14.2 Å². The number of hydrogen-bond donors (Lipinski definition) is 1. The Bertz CT molecular complexity index is 1560. The molecule has 5 rings (SSSR count). The number of nitrogens with zero attached hydrogens (tertiary/aromatic N) is 2. The van der Waals surface area contributed by atoms with Crippen LogP contribution in [0.25, 0.3) is 5.69 Å². The summed E-state index contributed by atoms with van der Waals surface area (Å²) >= 11 is 0. The lowest BCUT2D eigenvalue weighted by atomic mass is 9.82. The van der Waals surface area contributed by atoms with Gasteiger partial charge in [-0.3, -0.25) is 9.59 Å². The Hall–Kier alpha value is -4.34. The maximum Gasteiger partial charge on any atom is 0.251 e.